The lowest BCUT2D eigenvalue weighted by Gasteiger charge is -2.29. The Balaban J connectivity index is 2.40. The number of rotatable bonds is 2. The Hall–Kier alpha value is -0.610. The average Bonchev–Trinajstić information content (AvgIpc) is 2.16. The number of carbonyl (C=O) groups excluding carboxylic acids is 1. The van der Waals surface area contributed by atoms with Crippen LogP contribution in [0.15, 0.2) is 0 Å². The first-order valence-electron chi connectivity index (χ1n) is 5.55. The van der Waals surface area contributed by atoms with Crippen LogP contribution >= 0.6 is 0 Å². The molecule has 1 rings (SSSR count). The maximum Gasteiger partial charge on any atom is 0.237 e. The fourth-order valence-electron chi connectivity index (χ4n) is 1.54. The van der Waals surface area contributed by atoms with E-state index in [0.717, 1.165) is 19.4 Å². The zero-order valence-corrected chi connectivity index (χ0v) is 9.88. The number of amides is 1. The summed E-state index contributed by atoms with van der Waals surface area (Å²) < 4.78 is 5.29. The van der Waals surface area contributed by atoms with E-state index in [1.807, 2.05) is 20.8 Å². The third kappa shape index (κ3) is 3.80. The van der Waals surface area contributed by atoms with Crippen molar-refractivity contribution < 1.29 is 9.53 Å². The van der Waals surface area contributed by atoms with Crippen molar-refractivity contribution in [3.63, 3.8) is 0 Å². The Bertz CT molecular complexity index is 217. The van der Waals surface area contributed by atoms with E-state index in [1.165, 1.54) is 0 Å². The molecule has 15 heavy (non-hydrogen) atoms. The molecule has 0 aromatic rings. The molecule has 0 bridgehead atoms. The SMILES string of the molecule is CC(C)(C)C(N)C(=O)NC1CCCOC1. The summed E-state index contributed by atoms with van der Waals surface area (Å²) in [6, 6.07) is -0.320. The number of carbonyl (C=O) groups is 1. The summed E-state index contributed by atoms with van der Waals surface area (Å²) >= 11 is 0. The van der Waals surface area contributed by atoms with E-state index < -0.39 is 6.04 Å². The number of hydrogen-bond donors (Lipinski definition) is 2. The molecule has 88 valence electrons. The molecule has 0 aromatic carbocycles. The molecule has 4 nitrogen and oxygen atoms in total. The maximum atomic E-state index is 11.8. The van der Waals surface area contributed by atoms with Gasteiger partial charge in [0.2, 0.25) is 5.91 Å². The second kappa shape index (κ2) is 4.94. The van der Waals surface area contributed by atoms with Gasteiger partial charge in [-0.25, -0.2) is 0 Å². The Morgan fingerprint density at radius 2 is 2.20 bits per heavy atom. The van der Waals surface area contributed by atoms with Gasteiger partial charge >= 0.3 is 0 Å². The third-order valence-electron chi connectivity index (χ3n) is 2.72. The first-order chi connectivity index (χ1) is 6.91. The quantitative estimate of drug-likeness (QED) is 0.709. The van der Waals surface area contributed by atoms with Gasteiger partial charge < -0.3 is 15.8 Å². The summed E-state index contributed by atoms with van der Waals surface area (Å²) in [6.45, 7) is 7.32. The minimum absolute atomic E-state index is 0.0713. The van der Waals surface area contributed by atoms with Gasteiger partial charge in [0.05, 0.1) is 18.7 Å². The van der Waals surface area contributed by atoms with Crippen molar-refractivity contribution in [3.8, 4) is 0 Å². The van der Waals surface area contributed by atoms with Gasteiger partial charge in [0.25, 0.3) is 0 Å². The van der Waals surface area contributed by atoms with Crippen molar-refractivity contribution in [2.24, 2.45) is 11.1 Å². The van der Waals surface area contributed by atoms with Gasteiger partial charge in [-0.05, 0) is 18.3 Å². The number of ether oxygens (including phenoxy) is 1. The van der Waals surface area contributed by atoms with E-state index in [-0.39, 0.29) is 17.4 Å². The number of hydrogen-bond acceptors (Lipinski definition) is 3. The molecule has 1 saturated heterocycles. The predicted molar refractivity (Wildman–Crippen MR) is 59.4 cm³/mol. The summed E-state index contributed by atoms with van der Waals surface area (Å²) in [5, 5.41) is 2.94. The highest BCUT2D eigenvalue weighted by molar-refractivity contribution is 5.82. The maximum absolute atomic E-state index is 11.8. The Morgan fingerprint density at radius 3 is 2.67 bits per heavy atom. The smallest absolute Gasteiger partial charge is 0.237 e. The number of nitrogens with two attached hydrogens (primary N) is 1. The second-order valence-corrected chi connectivity index (χ2v) is 5.27. The van der Waals surface area contributed by atoms with Crippen molar-refractivity contribution in [2.75, 3.05) is 13.2 Å². The second-order valence-electron chi connectivity index (χ2n) is 5.27. The third-order valence-corrected chi connectivity index (χ3v) is 2.72. The molecule has 0 saturated carbocycles. The van der Waals surface area contributed by atoms with E-state index in [0.29, 0.717) is 6.61 Å². The molecule has 1 amide bonds. The van der Waals surface area contributed by atoms with Gasteiger partial charge in [-0.2, -0.15) is 0 Å². The average molecular weight is 214 g/mol. The molecule has 0 spiro atoms. The van der Waals surface area contributed by atoms with Crippen molar-refractivity contribution in [1.82, 2.24) is 5.32 Å². The van der Waals surface area contributed by atoms with Crippen LogP contribution in [0.25, 0.3) is 0 Å². The predicted octanol–water partition coefficient (Wildman–Crippen LogP) is 0.655. The first kappa shape index (κ1) is 12.5. The molecule has 0 aromatic heterocycles. The largest absolute Gasteiger partial charge is 0.379 e. The van der Waals surface area contributed by atoms with Crippen LogP contribution in [0.1, 0.15) is 33.6 Å². The zero-order chi connectivity index (χ0) is 11.5. The van der Waals surface area contributed by atoms with Crippen LogP contribution in [0.3, 0.4) is 0 Å². The first-order valence-corrected chi connectivity index (χ1v) is 5.55. The van der Waals surface area contributed by atoms with Gasteiger partial charge in [0.1, 0.15) is 0 Å². The van der Waals surface area contributed by atoms with E-state index in [1.54, 1.807) is 0 Å². The lowest BCUT2D eigenvalue weighted by molar-refractivity contribution is -0.126. The van der Waals surface area contributed by atoms with Crippen LogP contribution in [0.4, 0.5) is 0 Å². The lowest BCUT2D eigenvalue weighted by atomic mass is 9.86. The molecule has 4 heteroatoms. The van der Waals surface area contributed by atoms with Crippen LogP contribution in [-0.4, -0.2) is 31.2 Å². The van der Waals surface area contributed by atoms with Crippen LogP contribution < -0.4 is 11.1 Å². The van der Waals surface area contributed by atoms with Gasteiger partial charge in [0, 0.05) is 6.61 Å². The highest BCUT2D eigenvalue weighted by Crippen LogP contribution is 2.17. The molecule has 1 heterocycles. The van der Waals surface area contributed by atoms with Crippen LogP contribution in [0.2, 0.25) is 0 Å². The van der Waals surface area contributed by atoms with Crippen LogP contribution in [-0.2, 0) is 9.53 Å². The van der Waals surface area contributed by atoms with E-state index in [9.17, 15) is 4.79 Å². The molecule has 0 radical (unpaired) electrons. The lowest BCUT2D eigenvalue weighted by Crippen LogP contribution is -2.52. The van der Waals surface area contributed by atoms with Crippen molar-refractivity contribution in [1.29, 1.82) is 0 Å². The highest BCUT2D eigenvalue weighted by atomic mass is 16.5. The molecule has 1 aliphatic rings. The molecular formula is C11H22N2O2. The topological polar surface area (TPSA) is 64.4 Å². The molecule has 3 N–H and O–H groups in total. The summed E-state index contributed by atoms with van der Waals surface area (Å²) in [7, 11) is 0. The van der Waals surface area contributed by atoms with E-state index in [4.69, 9.17) is 10.5 Å². The minimum atomic E-state index is -0.459. The Kier molecular flexibility index (Phi) is 4.11. The van der Waals surface area contributed by atoms with E-state index in [2.05, 4.69) is 5.32 Å². The zero-order valence-electron chi connectivity index (χ0n) is 9.88. The van der Waals surface area contributed by atoms with Crippen molar-refractivity contribution in [2.45, 2.75) is 45.7 Å². The molecular weight excluding hydrogens is 192 g/mol. The van der Waals surface area contributed by atoms with Gasteiger partial charge in [-0.1, -0.05) is 20.8 Å². The molecule has 0 aliphatic carbocycles. The Morgan fingerprint density at radius 1 is 1.53 bits per heavy atom. The normalized spacial score (nSPS) is 24.7. The van der Waals surface area contributed by atoms with Crippen molar-refractivity contribution in [3.05, 3.63) is 0 Å². The highest BCUT2D eigenvalue weighted by Gasteiger charge is 2.29. The fraction of sp³-hybridized carbons (Fsp3) is 0.909. The molecule has 1 aliphatic heterocycles. The summed E-state index contributed by atoms with van der Waals surface area (Å²) in [5.74, 6) is -0.0713. The van der Waals surface area contributed by atoms with Crippen molar-refractivity contribution >= 4 is 5.91 Å². The summed E-state index contributed by atoms with van der Waals surface area (Å²) in [5.41, 5.74) is 5.66. The fourth-order valence-corrected chi connectivity index (χ4v) is 1.54. The minimum Gasteiger partial charge on any atom is -0.379 e. The monoisotopic (exact) mass is 214 g/mol. The van der Waals surface area contributed by atoms with Crippen LogP contribution in [0.5, 0.6) is 0 Å². The number of nitrogens with one attached hydrogen (secondary N) is 1. The van der Waals surface area contributed by atoms with E-state index >= 15 is 0 Å². The Labute approximate surface area is 91.5 Å². The van der Waals surface area contributed by atoms with Crippen LogP contribution in [0, 0.1) is 5.41 Å². The summed E-state index contributed by atoms with van der Waals surface area (Å²) in [4.78, 5) is 11.8. The van der Waals surface area contributed by atoms with Gasteiger partial charge in [0.15, 0.2) is 0 Å². The molecule has 2 atom stereocenters. The molecule has 1 fully saturated rings. The standard InChI is InChI=1S/C11H22N2O2/c1-11(2,3)9(12)10(14)13-8-5-4-6-15-7-8/h8-9H,4-7,12H2,1-3H3,(H,13,14). The summed E-state index contributed by atoms with van der Waals surface area (Å²) in [6.07, 6.45) is 2.00. The van der Waals surface area contributed by atoms with Gasteiger partial charge in [-0.3, -0.25) is 4.79 Å². The molecule has 2 unspecified atom stereocenters. The van der Waals surface area contributed by atoms with Gasteiger partial charge in [-0.15, -0.1) is 0 Å².